The van der Waals surface area contributed by atoms with E-state index in [4.69, 9.17) is 0 Å². The first kappa shape index (κ1) is 14.4. The Morgan fingerprint density at radius 1 is 0.952 bits per heavy atom. The summed E-state index contributed by atoms with van der Waals surface area (Å²) in [5, 5.41) is 24.6. The van der Waals surface area contributed by atoms with Gasteiger partial charge < -0.3 is 5.32 Å². The molecule has 21 heavy (non-hydrogen) atoms. The first-order chi connectivity index (χ1) is 9.99. The molecule has 0 aromatic heterocycles. The van der Waals surface area contributed by atoms with Crippen molar-refractivity contribution in [3.05, 3.63) is 74.3 Å². The second-order valence-corrected chi connectivity index (χ2v) is 4.49. The number of rotatable bonds is 5. The third-order valence-corrected chi connectivity index (χ3v) is 3.08. The molecule has 0 heterocycles. The highest BCUT2D eigenvalue weighted by atomic mass is 16.6. The standard InChI is InChI=1S/C14H13N3O4/c1-10(11-6-8-12(9-7-11)16(18)19)15-13-4-2-3-5-14(13)17(20)21/h2-10,15H,1H3. The molecule has 0 fully saturated rings. The molecule has 7 heteroatoms. The maximum Gasteiger partial charge on any atom is 0.292 e. The van der Waals surface area contributed by atoms with Crippen molar-refractivity contribution in [2.24, 2.45) is 0 Å². The van der Waals surface area contributed by atoms with Gasteiger partial charge in [0.25, 0.3) is 11.4 Å². The zero-order valence-corrected chi connectivity index (χ0v) is 11.2. The molecule has 1 unspecified atom stereocenters. The van der Waals surface area contributed by atoms with Gasteiger partial charge in [0.05, 0.1) is 9.85 Å². The minimum Gasteiger partial charge on any atom is -0.373 e. The Hall–Kier alpha value is -2.96. The summed E-state index contributed by atoms with van der Waals surface area (Å²) in [6.45, 7) is 1.83. The number of nitrogens with one attached hydrogen (secondary N) is 1. The summed E-state index contributed by atoms with van der Waals surface area (Å²) >= 11 is 0. The monoisotopic (exact) mass is 287 g/mol. The first-order valence-corrected chi connectivity index (χ1v) is 6.23. The predicted molar refractivity (Wildman–Crippen MR) is 78.2 cm³/mol. The van der Waals surface area contributed by atoms with Crippen LogP contribution in [0.2, 0.25) is 0 Å². The van der Waals surface area contributed by atoms with Gasteiger partial charge in [-0.3, -0.25) is 20.2 Å². The topological polar surface area (TPSA) is 98.3 Å². The molecular weight excluding hydrogens is 274 g/mol. The number of hydrogen-bond acceptors (Lipinski definition) is 5. The smallest absolute Gasteiger partial charge is 0.292 e. The normalized spacial score (nSPS) is 11.7. The number of non-ortho nitro benzene ring substituents is 1. The summed E-state index contributed by atoms with van der Waals surface area (Å²) in [6.07, 6.45) is 0. The highest BCUT2D eigenvalue weighted by Crippen LogP contribution is 2.28. The lowest BCUT2D eigenvalue weighted by molar-refractivity contribution is -0.384. The third-order valence-electron chi connectivity index (χ3n) is 3.08. The second kappa shape index (κ2) is 6.00. The molecule has 7 nitrogen and oxygen atoms in total. The van der Waals surface area contributed by atoms with Crippen LogP contribution >= 0.6 is 0 Å². The predicted octanol–water partition coefficient (Wildman–Crippen LogP) is 3.68. The largest absolute Gasteiger partial charge is 0.373 e. The molecule has 1 N–H and O–H groups in total. The minimum atomic E-state index is -0.468. The Bertz CT molecular complexity index is 670. The van der Waals surface area contributed by atoms with Gasteiger partial charge in [0, 0.05) is 24.2 Å². The van der Waals surface area contributed by atoms with E-state index in [1.54, 1.807) is 30.3 Å². The Kier molecular flexibility index (Phi) is 4.13. The molecule has 0 radical (unpaired) electrons. The van der Waals surface area contributed by atoms with Gasteiger partial charge in [-0.25, -0.2) is 0 Å². The van der Waals surface area contributed by atoms with E-state index >= 15 is 0 Å². The maximum absolute atomic E-state index is 10.9. The van der Waals surface area contributed by atoms with Gasteiger partial charge in [0.2, 0.25) is 0 Å². The summed E-state index contributed by atoms with van der Waals surface area (Å²) in [4.78, 5) is 20.6. The van der Waals surface area contributed by atoms with Crippen molar-refractivity contribution in [1.29, 1.82) is 0 Å². The van der Waals surface area contributed by atoms with Gasteiger partial charge in [-0.15, -0.1) is 0 Å². The number of nitro groups is 2. The van der Waals surface area contributed by atoms with E-state index in [1.165, 1.54) is 18.2 Å². The molecule has 0 amide bonds. The van der Waals surface area contributed by atoms with Gasteiger partial charge in [0.1, 0.15) is 5.69 Å². The van der Waals surface area contributed by atoms with Crippen LogP contribution in [0.5, 0.6) is 0 Å². The van der Waals surface area contributed by atoms with E-state index in [2.05, 4.69) is 5.32 Å². The van der Waals surface area contributed by atoms with E-state index in [-0.39, 0.29) is 17.4 Å². The number of para-hydroxylation sites is 2. The van der Waals surface area contributed by atoms with E-state index in [9.17, 15) is 20.2 Å². The lowest BCUT2D eigenvalue weighted by atomic mass is 10.1. The van der Waals surface area contributed by atoms with Crippen molar-refractivity contribution in [2.75, 3.05) is 5.32 Å². The van der Waals surface area contributed by atoms with Crippen LogP contribution in [0.1, 0.15) is 18.5 Å². The summed E-state index contributed by atoms with van der Waals surface area (Å²) in [6, 6.07) is 12.2. The average molecular weight is 287 g/mol. The van der Waals surface area contributed by atoms with Gasteiger partial charge in [0.15, 0.2) is 0 Å². The van der Waals surface area contributed by atoms with E-state index in [0.717, 1.165) is 5.56 Å². The molecule has 0 bridgehead atoms. The van der Waals surface area contributed by atoms with Crippen molar-refractivity contribution < 1.29 is 9.85 Å². The van der Waals surface area contributed by atoms with Crippen molar-refractivity contribution in [3.63, 3.8) is 0 Å². The molecule has 0 saturated carbocycles. The van der Waals surface area contributed by atoms with Gasteiger partial charge in [-0.05, 0) is 18.6 Å². The average Bonchev–Trinajstić information content (AvgIpc) is 2.47. The molecule has 108 valence electrons. The molecule has 0 aliphatic heterocycles. The molecule has 2 aromatic rings. The molecule has 2 aromatic carbocycles. The highest BCUT2D eigenvalue weighted by Gasteiger charge is 2.15. The van der Waals surface area contributed by atoms with Gasteiger partial charge in [-0.1, -0.05) is 24.3 Å². The molecule has 0 aliphatic rings. The zero-order valence-electron chi connectivity index (χ0n) is 11.2. The van der Waals surface area contributed by atoms with Crippen LogP contribution in [0.4, 0.5) is 17.1 Å². The molecular formula is C14H13N3O4. The van der Waals surface area contributed by atoms with Crippen molar-refractivity contribution in [1.82, 2.24) is 0 Å². The molecule has 0 aliphatic carbocycles. The summed E-state index contributed by atoms with van der Waals surface area (Å²) in [5.74, 6) is 0. The lowest BCUT2D eigenvalue weighted by Gasteiger charge is -2.15. The van der Waals surface area contributed by atoms with Crippen LogP contribution < -0.4 is 5.32 Å². The quantitative estimate of drug-likeness (QED) is 0.668. The first-order valence-electron chi connectivity index (χ1n) is 6.23. The van der Waals surface area contributed by atoms with Crippen LogP contribution in [-0.2, 0) is 0 Å². The van der Waals surface area contributed by atoms with Crippen LogP contribution in [0, 0.1) is 20.2 Å². The summed E-state index contributed by atoms with van der Waals surface area (Å²) in [7, 11) is 0. The number of benzene rings is 2. The molecule has 2 rings (SSSR count). The van der Waals surface area contributed by atoms with Gasteiger partial charge >= 0.3 is 0 Å². The number of anilines is 1. The molecule has 1 atom stereocenters. The fraction of sp³-hybridized carbons (Fsp3) is 0.143. The number of nitrogens with zero attached hydrogens (tertiary/aromatic N) is 2. The highest BCUT2D eigenvalue weighted by molar-refractivity contribution is 5.62. The summed E-state index contributed by atoms with van der Waals surface area (Å²) in [5.41, 5.74) is 1.22. The van der Waals surface area contributed by atoms with Gasteiger partial charge in [-0.2, -0.15) is 0 Å². The fourth-order valence-electron chi connectivity index (χ4n) is 1.96. The lowest BCUT2D eigenvalue weighted by Crippen LogP contribution is -2.08. The maximum atomic E-state index is 10.9. The molecule has 0 spiro atoms. The Balaban J connectivity index is 2.20. The fourth-order valence-corrected chi connectivity index (χ4v) is 1.96. The SMILES string of the molecule is CC(Nc1ccccc1[N+](=O)[O-])c1ccc([N+](=O)[O-])cc1. The van der Waals surface area contributed by atoms with Crippen molar-refractivity contribution >= 4 is 17.1 Å². The summed E-state index contributed by atoms with van der Waals surface area (Å²) < 4.78 is 0. The van der Waals surface area contributed by atoms with E-state index in [0.29, 0.717) is 5.69 Å². The van der Waals surface area contributed by atoms with Crippen LogP contribution in [0.25, 0.3) is 0 Å². The van der Waals surface area contributed by atoms with Crippen molar-refractivity contribution in [2.45, 2.75) is 13.0 Å². The number of nitro benzene ring substituents is 2. The Morgan fingerprint density at radius 3 is 2.14 bits per heavy atom. The second-order valence-electron chi connectivity index (χ2n) is 4.49. The van der Waals surface area contributed by atoms with Crippen LogP contribution in [-0.4, -0.2) is 9.85 Å². The van der Waals surface area contributed by atoms with Crippen LogP contribution in [0.3, 0.4) is 0 Å². The Morgan fingerprint density at radius 2 is 1.57 bits per heavy atom. The minimum absolute atomic E-state index is 0.00809. The van der Waals surface area contributed by atoms with Crippen molar-refractivity contribution in [3.8, 4) is 0 Å². The zero-order chi connectivity index (χ0) is 15.4. The van der Waals surface area contributed by atoms with E-state index < -0.39 is 9.85 Å². The van der Waals surface area contributed by atoms with Crippen LogP contribution in [0.15, 0.2) is 48.5 Å². The number of hydrogen-bond donors (Lipinski definition) is 1. The van der Waals surface area contributed by atoms with E-state index in [1.807, 2.05) is 6.92 Å². The third kappa shape index (κ3) is 3.33. The Labute approximate surface area is 120 Å². The molecule has 0 saturated heterocycles.